The van der Waals surface area contributed by atoms with Crippen molar-refractivity contribution in [2.24, 2.45) is 0 Å². The molecule has 8 heteroatoms. The van der Waals surface area contributed by atoms with E-state index in [9.17, 15) is 13.2 Å². The van der Waals surface area contributed by atoms with Gasteiger partial charge in [-0.25, -0.2) is 0 Å². The lowest BCUT2D eigenvalue weighted by atomic mass is 10.2. The molecule has 1 aliphatic rings. The largest absolute Gasteiger partial charge is 0.455 e. The van der Waals surface area contributed by atoms with Gasteiger partial charge in [0.05, 0.1) is 11.3 Å². The number of anilines is 1. The molecule has 0 aromatic heterocycles. The molecule has 0 aliphatic carbocycles. The second kappa shape index (κ2) is 5.84. The van der Waals surface area contributed by atoms with Gasteiger partial charge in [-0.2, -0.15) is 13.2 Å². The van der Waals surface area contributed by atoms with Gasteiger partial charge in [0.25, 0.3) is 0 Å². The van der Waals surface area contributed by atoms with E-state index < -0.39 is 11.7 Å². The van der Waals surface area contributed by atoms with Gasteiger partial charge in [-0.05, 0) is 30.3 Å². The van der Waals surface area contributed by atoms with Crippen LogP contribution in [0.5, 0.6) is 23.0 Å². The maximum Gasteiger partial charge on any atom is 0.416 e. The van der Waals surface area contributed by atoms with Crippen molar-refractivity contribution >= 4 is 18.1 Å². The number of alkyl halides is 3. The number of benzene rings is 2. The number of rotatable bonds is 2. The van der Waals surface area contributed by atoms with Crippen LogP contribution in [0.25, 0.3) is 0 Å². The van der Waals surface area contributed by atoms with Crippen molar-refractivity contribution in [2.45, 2.75) is 6.18 Å². The van der Waals surface area contributed by atoms with E-state index in [4.69, 9.17) is 19.9 Å². The maximum atomic E-state index is 12.5. The molecular formula is C14H11ClF3NO3. The number of halogens is 4. The van der Waals surface area contributed by atoms with Crippen molar-refractivity contribution < 1.29 is 27.4 Å². The number of hydrogen-bond acceptors (Lipinski definition) is 4. The number of nitrogens with two attached hydrogens (primary N) is 1. The molecule has 1 aliphatic heterocycles. The average Bonchev–Trinajstić information content (AvgIpc) is 2.87. The molecule has 0 unspecified atom stereocenters. The highest BCUT2D eigenvalue weighted by Gasteiger charge is 2.31. The van der Waals surface area contributed by atoms with Gasteiger partial charge in [-0.1, -0.05) is 0 Å². The fraction of sp³-hybridized carbons (Fsp3) is 0.143. The van der Waals surface area contributed by atoms with E-state index >= 15 is 0 Å². The molecule has 0 amide bonds. The number of nitrogen functional groups attached to an aromatic ring is 1. The van der Waals surface area contributed by atoms with E-state index in [-0.39, 0.29) is 30.6 Å². The van der Waals surface area contributed by atoms with Gasteiger partial charge in [0, 0.05) is 6.07 Å². The fourth-order valence-electron chi connectivity index (χ4n) is 1.89. The summed E-state index contributed by atoms with van der Waals surface area (Å²) in [5.74, 6) is 1.63. The lowest BCUT2D eigenvalue weighted by Crippen LogP contribution is -2.05. The highest BCUT2D eigenvalue weighted by molar-refractivity contribution is 5.85. The predicted molar refractivity (Wildman–Crippen MR) is 75.7 cm³/mol. The Balaban J connectivity index is 0.00000176. The minimum atomic E-state index is -4.44. The Labute approximate surface area is 130 Å². The van der Waals surface area contributed by atoms with Gasteiger partial charge in [0.15, 0.2) is 11.5 Å². The summed E-state index contributed by atoms with van der Waals surface area (Å²) in [7, 11) is 0. The second-order valence-electron chi connectivity index (χ2n) is 4.37. The molecule has 0 radical (unpaired) electrons. The Morgan fingerprint density at radius 1 is 1.00 bits per heavy atom. The first-order valence-corrected chi connectivity index (χ1v) is 5.98. The topological polar surface area (TPSA) is 53.7 Å². The van der Waals surface area contributed by atoms with Crippen LogP contribution in [0.3, 0.4) is 0 Å². The highest BCUT2D eigenvalue weighted by atomic mass is 35.5. The monoisotopic (exact) mass is 333 g/mol. The van der Waals surface area contributed by atoms with Crippen molar-refractivity contribution in [3.8, 4) is 23.0 Å². The Morgan fingerprint density at radius 3 is 2.41 bits per heavy atom. The summed E-state index contributed by atoms with van der Waals surface area (Å²) in [6.07, 6.45) is -4.44. The van der Waals surface area contributed by atoms with E-state index in [0.717, 1.165) is 12.1 Å². The molecule has 2 aromatic rings. The Hall–Kier alpha value is -2.28. The van der Waals surface area contributed by atoms with Crippen LogP contribution in [0.2, 0.25) is 0 Å². The first kappa shape index (κ1) is 16.1. The van der Waals surface area contributed by atoms with Gasteiger partial charge in [0.1, 0.15) is 11.5 Å². The minimum Gasteiger partial charge on any atom is -0.455 e. The van der Waals surface area contributed by atoms with Crippen molar-refractivity contribution in [1.82, 2.24) is 0 Å². The van der Waals surface area contributed by atoms with E-state index in [0.29, 0.717) is 17.2 Å². The van der Waals surface area contributed by atoms with Crippen LogP contribution in [0, 0.1) is 0 Å². The number of hydrogen-bond donors (Lipinski definition) is 1. The van der Waals surface area contributed by atoms with Gasteiger partial charge >= 0.3 is 6.18 Å². The molecule has 2 aromatic carbocycles. The molecule has 22 heavy (non-hydrogen) atoms. The number of fused-ring (bicyclic) bond motifs is 1. The summed E-state index contributed by atoms with van der Waals surface area (Å²) in [4.78, 5) is 0. The molecule has 0 fully saturated rings. The van der Waals surface area contributed by atoms with Crippen LogP contribution in [-0.2, 0) is 6.18 Å². The summed E-state index contributed by atoms with van der Waals surface area (Å²) in [5.41, 5.74) is 4.68. The summed E-state index contributed by atoms with van der Waals surface area (Å²) < 4.78 is 53.5. The molecular weight excluding hydrogens is 323 g/mol. The highest BCUT2D eigenvalue weighted by Crippen LogP contribution is 2.39. The van der Waals surface area contributed by atoms with Crippen LogP contribution in [0.15, 0.2) is 36.4 Å². The Kier molecular flexibility index (Phi) is 4.27. The predicted octanol–water partition coefficient (Wildman–Crippen LogP) is 4.23. The molecule has 2 N–H and O–H groups in total. The zero-order chi connectivity index (χ0) is 15.0. The maximum absolute atomic E-state index is 12.5. The molecule has 3 rings (SSSR count). The summed E-state index contributed by atoms with van der Waals surface area (Å²) in [5, 5.41) is 0. The minimum absolute atomic E-state index is 0. The van der Waals surface area contributed by atoms with Crippen LogP contribution in [-0.4, -0.2) is 6.79 Å². The molecule has 4 nitrogen and oxygen atoms in total. The zero-order valence-corrected chi connectivity index (χ0v) is 11.8. The van der Waals surface area contributed by atoms with Crippen LogP contribution >= 0.6 is 12.4 Å². The summed E-state index contributed by atoms with van der Waals surface area (Å²) >= 11 is 0. The van der Waals surface area contributed by atoms with Crippen molar-refractivity contribution in [3.63, 3.8) is 0 Å². The van der Waals surface area contributed by atoms with Crippen molar-refractivity contribution in [1.29, 1.82) is 0 Å². The zero-order valence-electron chi connectivity index (χ0n) is 11.0. The van der Waals surface area contributed by atoms with Gasteiger partial charge in [-0.3, -0.25) is 0 Å². The molecule has 0 bridgehead atoms. The first-order valence-electron chi connectivity index (χ1n) is 5.98. The molecule has 0 saturated carbocycles. The molecule has 0 atom stereocenters. The third-order valence-electron chi connectivity index (χ3n) is 2.91. The van der Waals surface area contributed by atoms with Crippen LogP contribution < -0.4 is 19.9 Å². The first-order chi connectivity index (χ1) is 9.93. The quantitative estimate of drug-likeness (QED) is 0.836. The normalized spacial score (nSPS) is 12.7. The van der Waals surface area contributed by atoms with Gasteiger partial charge < -0.3 is 19.9 Å². The SMILES string of the molecule is Cl.Nc1cc(C(F)(F)F)ccc1Oc1ccc2c(c1)OCO2. The van der Waals surface area contributed by atoms with Crippen LogP contribution in [0.4, 0.5) is 18.9 Å². The average molecular weight is 334 g/mol. The lowest BCUT2D eigenvalue weighted by molar-refractivity contribution is -0.137. The summed E-state index contributed by atoms with van der Waals surface area (Å²) in [6.45, 7) is 0.126. The Bertz CT molecular complexity index is 692. The molecule has 0 spiro atoms. The molecule has 118 valence electrons. The van der Waals surface area contributed by atoms with E-state index in [1.165, 1.54) is 6.07 Å². The van der Waals surface area contributed by atoms with Crippen molar-refractivity contribution in [2.75, 3.05) is 12.5 Å². The van der Waals surface area contributed by atoms with Crippen molar-refractivity contribution in [3.05, 3.63) is 42.0 Å². The van der Waals surface area contributed by atoms with E-state index in [1.54, 1.807) is 18.2 Å². The summed E-state index contributed by atoms with van der Waals surface area (Å²) in [6, 6.07) is 7.78. The third-order valence-corrected chi connectivity index (χ3v) is 2.91. The van der Waals surface area contributed by atoms with Crippen LogP contribution in [0.1, 0.15) is 5.56 Å². The van der Waals surface area contributed by atoms with Gasteiger partial charge in [-0.15, -0.1) is 12.4 Å². The lowest BCUT2D eigenvalue weighted by Gasteiger charge is -2.12. The van der Waals surface area contributed by atoms with E-state index in [1.807, 2.05) is 0 Å². The fourth-order valence-corrected chi connectivity index (χ4v) is 1.89. The standard InChI is InChI=1S/C14H10F3NO3.ClH/c15-14(16,17)8-1-3-11(10(18)5-8)21-9-2-4-12-13(6-9)20-7-19-12;/h1-6H,7,18H2;1H. The second-order valence-corrected chi connectivity index (χ2v) is 4.37. The van der Waals surface area contributed by atoms with E-state index in [2.05, 4.69) is 0 Å². The van der Waals surface area contributed by atoms with Gasteiger partial charge in [0.2, 0.25) is 6.79 Å². The molecule has 1 heterocycles. The number of ether oxygens (including phenoxy) is 3. The molecule has 0 saturated heterocycles. The Morgan fingerprint density at radius 2 is 1.73 bits per heavy atom. The smallest absolute Gasteiger partial charge is 0.416 e. The third kappa shape index (κ3) is 3.14.